The molecule has 1 N–H and O–H groups in total. The predicted molar refractivity (Wildman–Crippen MR) is 123 cm³/mol. The minimum atomic E-state index is -0.109. The number of nitrogens with zero attached hydrogens (tertiary/aromatic N) is 3. The van der Waals surface area contributed by atoms with Crippen LogP contribution in [0.5, 0.6) is 5.75 Å². The normalized spacial score (nSPS) is 16.1. The van der Waals surface area contributed by atoms with Gasteiger partial charge in [-0.25, -0.2) is 0 Å². The smallest absolute Gasteiger partial charge is 0.229 e. The Hall–Kier alpha value is -3.41. The van der Waals surface area contributed by atoms with Crippen LogP contribution in [0, 0.1) is 12.8 Å². The SMILES string of the molecule is CCOc1ccccc1NC(=O)[C@@H]1CCCN(c2ccc(-c3ccc(C)cc3)nn2)C1. The van der Waals surface area contributed by atoms with Gasteiger partial charge in [-0.2, -0.15) is 0 Å². The van der Waals surface area contributed by atoms with Crippen molar-refractivity contribution in [2.24, 2.45) is 5.92 Å². The van der Waals surface area contributed by atoms with Gasteiger partial charge in [0, 0.05) is 18.7 Å². The lowest BCUT2D eigenvalue weighted by Crippen LogP contribution is -2.41. The molecule has 1 aliphatic rings. The number of hydrogen-bond acceptors (Lipinski definition) is 5. The number of carbonyl (C=O) groups excluding carboxylic acids is 1. The van der Waals surface area contributed by atoms with Crippen LogP contribution in [0.1, 0.15) is 25.3 Å². The van der Waals surface area contributed by atoms with Crippen LogP contribution in [0.2, 0.25) is 0 Å². The summed E-state index contributed by atoms with van der Waals surface area (Å²) in [7, 11) is 0. The Labute approximate surface area is 183 Å². The summed E-state index contributed by atoms with van der Waals surface area (Å²) < 4.78 is 5.63. The second kappa shape index (κ2) is 9.60. The summed E-state index contributed by atoms with van der Waals surface area (Å²) in [5.41, 5.74) is 3.83. The van der Waals surface area contributed by atoms with Gasteiger partial charge in [0.25, 0.3) is 0 Å². The lowest BCUT2D eigenvalue weighted by Gasteiger charge is -2.32. The summed E-state index contributed by atoms with van der Waals surface area (Å²) in [6.45, 7) is 6.06. The number of para-hydroxylation sites is 2. The van der Waals surface area contributed by atoms with Gasteiger partial charge in [0.1, 0.15) is 5.75 Å². The summed E-state index contributed by atoms with van der Waals surface area (Å²) in [5, 5.41) is 11.9. The van der Waals surface area contributed by atoms with Crippen molar-refractivity contribution in [1.82, 2.24) is 10.2 Å². The molecule has 2 heterocycles. The molecular formula is C25H28N4O2. The molecule has 0 aliphatic carbocycles. The number of ether oxygens (including phenoxy) is 1. The first-order valence-electron chi connectivity index (χ1n) is 10.8. The number of anilines is 2. The molecular weight excluding hydrogens is 388 g/mol. The van der Waals surface area contributed by atoms with E-state index in [1.54, 1.807) is 0 Å². The van der Waals surface area contributed by atoms with Crippen molar-refractivity contribution in [2.45, 2.75) is 26.7 Å². The Balaban J connectivity index is 1.42. The number of benzene rings is 2. The highest BCUT2D eigenvalue weighted by Gasteiger charge is 2.27. The molecule has 1 aromatic heterocycles. The van der Waals surface area contributed by atoms with Crippen molar-refractivity contribution in [3.8, 4) is 17.0 Å². The number of aryl methyl sites for hydroxylation is 1. The van der Waals surface area contributed by atoms with E-state index >= 15 is 0 Å². The van der Waals surface area contributed by atoms with Crippen molar-refractivity contribution in [3.05, 3.63) is 66.2 Å². The Bertz CT molecular complexity index is 1020. The van der Waals surface area contributed by atoms with E-state index in [-0.39, 0.29) is 11.8 Å². The molecule has 1 amide bonds. The Kier molecular flexibility index (Phi) is 6.46. The van der Waals surface area contributed by atoms with Gasteiger partial charge in [-0.05, 0) is 51.0 Å². The highest BCUT2D eigenvalue weighted by molar-refractivity contribution is 5.94. The third kappa shape index (κ3) is 5.02. The second-order valence-corrected chi connectivity index (χ2v) is 7.85. The number of hydrogen-bond donors (Lipinski definition) is 1. The first-order chi connectivity index (χ1) is 15.1. The molecule has 0 unspecified atom stereocenters. The molecule has 160 valence electrons. The predicted octanol–water partition coefficient (Wildman–Crippen LogP) is 4.71. The lowest BCUT2D eigenvalue weighted by atomic mass is 9.97. The van der Waals surface area contributed by atoms with E-state index < -0.39 is 0 Å². The molecule has 6 nitrogen and oxygen atoms in total. The van der Waals surface area contributed by atoms with Gasteiger partial charge in [-0.1, -0.05) is 42.0 Å². The average Bonchev–Trinajstić information content (AvgIpc) is 2.81. The Morgan fingerprint density at radius 3 is 2.65 bits per heavy atom. The summed E-state index contributed by atoms with van der Waals surface area (Å²) in [5.74, 6) is 1.41. The molecule has 1 saturated heterocycles. The van der Waals surface area contributed by atoms with E-state index in [0.29, 0.717) is 24.6 Å². The molecule has 4 rings (SSSR count). The molecule has 1 atom stereocenters. The van der Waals surface area contributed by atoms with Gasteiger partial charge in [-0.15, -0.1) is 10.2 Å². The molecule has 2 aromatic carbocycles. The maximum Gasteiger partial charge on any atom is 0.229 e. The topological polar surface area (TPSA) is 67.3 Å². The van der Waals surface area contributed by atoms with Crippen LogP contribution >= 0.6 is 0 Å². The van der Waals surface area contributed by atoms with Gasteiger partial charge in [0.2, 0.25) is 5.91 Å². The van der Waals surface area contributed by atoms with E-state index in [4.69, 9.17) is 4.74 Å². The quantitative estimate of drug-likeness (QED) is 0.631. The van der Waals surface area contributed by atoms with E-state index in [2.05, 4.69) is 51.6 Å². The Morgan fingerprint density at radius 2 is 1.90 bits per heavy atom. The molecule has 6 heteroatoms. The summed E-state index contributed by atoms with van der Waals surface area (Å²) in [6, 6.07) is 19.8. The molecule has 31 heavy (non-hydrogen) atoms. The van der Waals surface area contributed by atoms with Crippen LogP contribution in [-0.2, 0) is 4.79 Å². The Morgan fingerprint density at radius 1 is 1.10 bits per heavy atom. The van der Waals surface area contributed by atoms with Crippen LogP contribution < -0.4 is 15.0 Å². The van der Waals surface area contributed by atoms with Crippen molar-refractivity contribution >= 4 is 17.4 Å². The third-order valence-electron chi connectivity index (χ3n) is 5.56. The summed E-state index contributed by atoms with van der Waals surface area (Å²) in [6.07, 6.45) is 1.79. The second-order valence-electron chi connectivity index (χ2n) is 7.85. The molecule has 0 spiro atoms. The van der Waals surface area contributed by atoms with Crippen LogP contribution in [0.3, 0.4) is 0 Å². The van der Waals surface area contributed by atoms with E-state index in [1.807, 2.05) is 43.3 Å². The van der Waals surface area contributed by atoms with Crippen molar-refractivity contribution in [3.63, 3.8) is 0 Å². The van der Waals surface area contributed by atoms with E-state index in [0.717, 1.165) is 36.5 Å². The van der Waals surface area contributed by atoms with E-state index in [9.17, 15) is 4.79 Å². The minimum Gasteiger partial charge on any atom is -0.492 e. The summed E-state index contributed by atoms with van der Waals surface area (Å²) in [4.78, 5) is 15.1. The van der Waals surface area contributed by atoms with Crippen LogP contribution in [0.4, 0.5) is 11.5 Å². The number of carbonyl (C=O) groups is 1. The highest BCUT2D eigenvalue weighted by atomic mass is 16.5. The zero-order chi connectivity index (χ0) is 21.6. The average molecular weight is 417 g/mol. The van der Waals surface area contributed by atoms with Gasteiger partial charge in [0.05, 0.1) is 23.9 Å². The van der Waals surface area contributed by atoms with E-state index in [1.165, 1.54) is 5.56 Å². The highest BCUT2D eigenvalue weighted by Crippen LogP contribution is 2.27. The van der Waals surface area contributed by atoms with Gasteiger partial charge < -0.3 is 15.0 Å². The standard InChI is InChI=1S/C25H28N4O2/c1-3-31-23-9-5-4-8-22(23)26-25(30)20-7-6-16-29(17-20)24-15-14-21(27-28-24)19-12-10-18(2)11-13-19/h4-5,8-15,20H,3,6-7,16-17H2,1-2H3,(H,26,30)/t20-/m1/s1. The van der Waals surface area contributed by atoms with Gasteiger partial charge >= 0.3 is 0 Å². The number of rotatable bonds is 6. The van der Waals surface area contributed by atoms with Crippen LogP contribution in [0.25, 0.3) is 11.3 Å². The zero-order valence-corrected chi connectivity index (χ0v) is 18.0. The first kappa shape index (κ1) is 20.8. The number of amides is 1. The monoisotopic (exact) mass is 416 g/mol. The van der Waals surface area contributed by atoms with Crippen molar-refractivity contribution in [1.29, 1.82) is 0 Å². The third-order valence-corrected chi connectivity index (χ3v) is 5.56. The van der Waals surface area contributed by atoms with Crippen LogP contribution in [0.15, 0.2) is 60.7 Å². The first-order valence-corrected chi connectivity index (χ1v) is 10.8. The fourth-order valence-electron chi connectivity index (χ4n) is 3.86. The molecule has 0 saturated carbocycles. The molecule has 3 aromatic rings. The number of nitrogens with one attached hydrogen (secondary N) is 1. The molecule has 0 radical (unpaired) electrons. The minimum absolute atomic E-state index is 0.0149. The maximum absolute atomic E-state index is 12.9. The number of aromatic nitrogens is 2. The lowest BCUT2D eigenvalue weighted by molar-refractivity contribution is -0.120. The fraction of sp³-hybridized carbons (Fsp3) is 0.320. The molecule has 1 aliphatic heterocycles. The largest absolute Gasteiger partial charge is 0.492 e. The van der Waals surface area contributed by atoms with Gasteiger partial charge in [-0.3, -0.25) is 4.79 Å². The molecule has 1 fully saturated rings. The van der Waals surface area contributed by atoms with Crippen molar-refractivity contribution in [2.75, 3.05) is 29.9 Å². The number of piperidine rings is 1. The van der Waals surface area contributed by atoms with Crippen LogP contribution in [-0.4, -0.2) is 35.8 Å². The van der Waals surface area contributed by atoms with Gasteiger partial charge in [0.15, 0.2) is 5.82 Å². The molecule has 0 bridgehead atoms. The summed E-state index contributed by atoms with van der Waals surface area (Å²) >= 11 is 0. The van der Waals surface area contributed by atoms with Crippen molar-refractivity contribution < 1.29 is 9.53 Å². The zero-order valence-electron chi connectivity index (χ0n) is 18.0. The maximum atomic E-state index is 12.9. The fourth-order valence-corrected chi connectivity index (χ4v) is 3.86.